The van der Waals surface area contributed by atoms with Gasteiger partial charge in [-0.2, -0.15) is 0 Å². The first-order valence-electron chi connectivity index (χ1n) is 20.8. The van der Waals surface area contributed by atoms with Gasteiger partial charge >= 0.3 is 0 Å². The number of halogens is 19. The minimum Gasteiger partial charge on any atom is -0.475 e. The Kier molecular flexibility index (Phi) is 14.0. The van der Waals surface area contributed by atoms with Crippen molar-refractivity contribution in [2.24, 2.45) is 4.99 Å². The standard InChI is InChI=1S/C49H25BF19NO2P/c1-49(2,24-18-71-48(70-24)21-15-9-10-16-23(21)73(19-11-5-3-6-12-19)20-13-7-4-8-14-20)72-17-22-29(51)31(53)25(32(54)30(22)52)50(26-33(55)39(61)45(67)40(62)34(26)56,27-35(57)41(63)46(68)42(64)36(27)58)28-37(59)43(65)47(69)44(66)38(28)60/h3-16,24H,17-18H2,1-2H3/q-1/t24-/m0/s1. The third kappa shape index (κ3) is 8.27. The zero-order valence-electron chi connectivity index (χ0n) is 36.5. The highest BCUT2D eigenvalue weighted by molar-refractivity contribution is 7.80. The predicted octanol–water partition coefficient (Wildman–Crippen LogP) is 9.61. The van der Waals surface area contributed by atoms with Gasteiger partial charge in [0.25, 0.3) is 0 Å². The van der Waals surface area contributed by atoms with Gasteiger partial charge in [0.1, 0.15) is 65.3 Å². The molecule has 1 heterocycles. The summed E-state index contributed by atoms with van der Waals surface area (Å²) in [5.74, 6) is -65.8. The van der Waals surface area contributed by atoms with E-state index in [4.69, 9.17) is 9.47 Å². The van der Waals surface area contributed by atoms with Crippen LogP contribution in [0.5, 0.6) is 0 Å². The molecule has 0 radical (unpaired) electrons. The Bertz CT molecular complexity index is 3090. The van der Waals surface area contributed by atoms with Gasteiger partial charge < -0.3 is 9.47 Å². The molecule has 0 amide bonds. The Labute approximate surface area is 400 Å². The van der Waals surface area contributed by atoms with Crippen LogP contribution in [0.4, 0.5) is 83.4 Å². The summed E-state index contributed by atoms with van der Waals surface area (Å²) in [7, 11) is -1.29. The fourth-order valence-electron chi connectivity index (χ4n) is 8.74. The predicted molar refractivity (Wildman–Crippen MR) is 230 cm³/mol. The summed E-state index contributed by atoms with van der Waals surface area (Å²) in [5.41, 5.74) is -17.3. The second-order valence-electron chi connectivity index (χ2n) is 16.6. The number of aliphatic imine (C=N–C) groups is 1. The van der Waals surface area contributed by atoms with Crippen molar-refractivity contribution in [3.63, 3.8) is 0 Å². The average molecular weight is 1060 g/mol. The quantitative estimate of drug-likeness (QED) is 0.0402. The van der Waals surface area contributed by atoms with Crippen LogP contribution in [0, 0.1) is 111 Å². The minimum absolute atomic E-state index is 0.0170. The van der Waals surface area contributed by atoms with Crippen LogP contribution in [-0.2, 0) is 16.1 Å². The van der Waals surface area contributed by atoms with E-state index in [0.717, 1.165) is 15.9 Å². The number of rotatable bonds is 12. The zero-order valence-corrected chi connectivity index (χ0v) is 37.4. The molecular weight excluding hydrogens is 1040 g/mol. The van der Waals surface area contributed by atoms with E-state index in [0.29, 0.717) is 5.56 Å². The van der Waals surface area contributed by atoms with Gasteiger partial charge in [-0.15, -0.1) is 21.9 Å². The molecule has 0 unspecified atom stereocenters. The summed E-state index contributed by atoms with van der Waals surface area (Å²) in [6.07, 6.45) is -7.24. The van der Waals surface area contributed by atoms with Crippen LogP contribution < -0.4 is 37.8 Å². The lowest BCUT2D eigenvalue weighted by Gasteiger charge is -2.45. The van der Waals surface area contributed by atoms with Crippen molar-refractivity contribution >= 4 is 57.7 Å². The molecule has 7 aromatic rings. The number of hydrogen-bond acceptors (Lipinski definition) is 3. The van der Waals surface area contributed by atoms with Gasteiger partial charge in [0, 0.05) is 5.56 Å². The summed E-state index contributed by atoms with van der Waals surface area (Å²) in [6, 6.07) is 24.3. The van der Waals surface area contributed by atoms with Crippen molar-refractivity contribution in [1.82, 2.24) is 0 Å². The van der Waals surface area contributed by atoms with E-state index in [2.05, 4.69) is 4.99 Å². The molecule has 380 valence electrons. The highest BCUT2D eigenvalue weighted by Crippen LogP contribution is 2.37. The Balaban J connectivity index is 1.32. The van der Waals surface area contributed by atoms with E-state index in [1.165, 1.54) is 13.8 Å². The first kappa shape index (κ1) is 52.5. The van der Waals surface area contributed by atoms with Crippen molar-refractivity contribution < 1.29 is 92.9 Å². The smallest absolute Gasteiger partial charge is 0.217 e. The molecule has 8 rings (SSSR count). The number of hydrogen-bond donors (Lipinski definition) is 0. The van der Waals surface area contributed by atoms with Crippen LogP contribution in [-0.4, -0.2) is 30.3 Å². The molecule has 0 N–H and O–H groups in total. The molecule has 0 bridgehead atoms. The number of ether oxygens (including phenoxy) is 2. The van der Waals surface area contributed by atoms with Gasteiger partial charge in [0.2, 0.25) is 5.90 Å². The normalized spacial score (nSPS) is 14.1. The second kappa shape index (κ2) is 19.5. The van der Waals surface area contributed by atoms with Crippen LogP contribution in [0.1, 0.15) is 25.0 Å². The SMILES string of the molecule is CC(C)(OCc1c(F)c(F)c([B-](c2c(F)c(F)c(F)c(F)c2F)(c2c(F)c(F)c(F)c(F)c2F)c2c(F)c(F)c(F)c(F)c2F)c(F)c1F)[C@@H]1COC(c2ccccc2P(c2ccccc2)c2ccccc2)=N1. The molecule has 0 saturated heterocycles. The van der Waals surface area contributed by atoms with Crippen molar-refractivity contribution in [3.05, 3.63) is 207 Å². The molecule has 73 heavy (non-hydrogen) atoms. The Morgan fingerprint density at radius 3 is 1.14 bits per heavy atom. The molecule has 1 aliphatic heterocycles. The molecule has 0 saturated carbocycles. The van der Waals surface area contributed by atoms with E-state index in [9.17, 15) is 13.2 Å². The largest absolute Gasteiger partial charge is 0.475 e. The fraction of sp³-hybridized carbons (Fsp3) is 0.122. The van der Waals surface area contributed by atoms with E-state index in [1.54, 1.807) is 18.2 Å². The topological polar surface area (TPSA) is 30.8 Å². The maximum Gasteiger partial charge on any atom is 0.217 e. The zero-order chi connectivity index (χ0) is 53.3. The third-order valence-corrected chi connectivity index (χ3v) is 14.8. The summed E-state index contributed by atoms with van der Waals surface area (Å²) in [5, 5.41) is 2.56. The lowest BCUT2D eigenvalue weighted by Crippen LogP contribution is -2.81. The van der Waals surface area contributed by atoms with Gasteiger partial charge in [-0.05, 0) is 43.7 Å². The molecule has 3 nitrogen and oxygen atoms in total. The summed E-state index contributed by atoms with van der Waals surface area (Å²) < 4.78 is 310. The molecule has 0 spiro atoms. The number of nitrogens with zero attached hydrogens (tertiary/aromatic N) is 1. The van der Waals surface area contributed by atoms with Gasteiger partial charge in [0.15, 0.2) is 64.0 Å². The van der Waals surface area contributed by atoms with Crippen LogP contribution >= 0.6 is 7.92 Å². The number of benzene rings is 7. The molecule has 7 aromatic carbocycles. The van der Waals surface area contributed by atoms with Crippen molar-refractivity contribution in [2.45, 2.75) is 32.1 Å². The summed E-state index contributed by atoms with van der Waals surface area (Å²) in [6.45, 7) is 0.355. The summed E-state index contributed by atoms with van der Waals surface area (Å²) >= 11 is 0. The van der Waals surface area contributed by atoms with Gasteiger partial charge in [-0.1, -0.05) is 78.9 Å². The van der Waals surface area contributed by atoms with Crippen molar-refractivity contribution in [1.29, 1.82) is 0 Å². The maximum atomic E-state index is 17.0. The molecule has 0 fully saturated rings. The van der Waals surface area contributed by atoms with Gasteiger partial charge in [-0.25, -0.2) is 88.4 Å². The first-order valence-corrected chi connectivity index (χ1v) is 22.2. The molecule has 1 atom stereocenters. The third-order valence-electron chi connectivity index (χ3n) is 12.3. The Morgan fingerprint density at radius 1 is 0.452 bits per heavy atom. The minimum atomic E-state index is -7.24. The molecule has 0 aromatic heterocycles. The highest BCUT2D eigenvalue weighted by Gasteiger charge is 2.52. The van der Waals surface area contributed by atoms with E-state index >= 15 is 70.2 Å². The second-order valence-corrected chi connectivity index (χ2v) is 18.8. The monoisotopic (exact) mass is 1060 g/mol. The Hall–Kier alpha value is -6.87. The van der Waals surface area contributed by atoms with E-state index in [-0.39, 0.29) is 12.5 Å². The van der Waals surface area contributed by atoms with Crippen LogP contribution in [0.25, 0.3) is 0 Å². The average Bonchev–Trinajstić information content (AvgIpc) is 3.89. The molecule has 0 aliphatic carbocycles. The first-order chi connectivity index (χ1) is 34.4. The Morgan fingerprint density at radius 2 is 0.767 bits per heavy atom. The maximum absolute atomic E-state index is 17.0. The van der Waals surface area contributed by atoms with Gasteiger partial charge in [0.05, 0.1) is 17.8 Å². The van der Waals surface area contributed by atoms with Crippen LogP contribution in [0.2, 0.25) is 0 Å². The van der Waals surface area contributed by atoms with Crippen LogP contribution in [0.3, 0.4) is 0 Å². The summed E-state index contributed by atoms with van der Waals surface area (Å²) in [4.78, 5) is 4.58. The molecule has 24 heteroatoms. The lowest BCUT2D eigenvalue weighted by atomic mass is 9.12. The van der Waals surface area contributed by atoms with E-state index < -0.39 is 170 Å². The fourth-order valence-corrected chi connectivity index (χ4v) is 11.2. The van der Waals surface area contributed by atoms with E-state index in [1.807, 2.05) is 66.7 Å². The van der Waals surface area contributed by atoms with Crippen LogP contribution in [0.15, 0.2) is 89.9 Å². The highest BCUT2D eigenvalue weighted by atomic mass is 31.1. The molecular formula is C49H25BF19NO2P-. The van der Waals surface area contributed by atoms with Crippen molar-refractivity contribution in [2.75, 3.05) is 6.61 Å². The lowest BCUT2D eigenvalue weighted by molar-refractivity contribution is -0.0520. The van der Waals surface area contributed by atoms with Gasteiger partial charge in [-0.3, -0.25) is 0 Å². The van der Waals surface area contributed by atoms with Crippen molar-refractivity contribution in [3.8, 4) is 0 Å². The molecule has 1 aliphatic rings.